The number of hydrogen-bond acceptors (Lipinski definition) is 4. The van der Waals surface area contributed by atoms with Crippen LogP contribution in [0.25, 0.3) is 22.5 Å². The van der Waals surface area contributed by atoms with Gasteiger partial charge in [-0.15, -0.1) is 0 Å². The molecule has 1 unspecified atom stereocenters. The summed E-state index contributed by atoms with van der Waals surface area (Å²) in [4.78, 5) is 11.6. The van der Waals surface area contributed by atoms with Crippen LogP contribution in [-0.4, -0.2) is 26.9 Å². The molecule has 1 aromatic heterocycles. The third-order valence-corrected chi connectivity index (χ3v) is 7.41. The fourth-order valence-corrected chi connectivity index (χ4v) is 4.90. The lowest BCUT2D eigenvalue weighted by Crippen LogP contribution is -2.28. The molecule has 1 atom stereocenters. The number of hydrogen-bond donors (Lipinski definition) is 2. The summed E-state index contributed by atoms with van der Waals surface area (Å²) in [6.07, 6.45) is 3.30. The van der Waals surface area contributed by atoms with Gasteiger partial charge in [-0.25, -0.2) is 0 Å². The Morgan fingerprint density at radius 1 is 0.944 bits per heavy atom. The van der Waals surface area contributed by atoms with Gasteiger partial charge in [0.25, 0.3) is 0 Å². The number of carboxylic acid groups (broad SMARTS) is 1. The lowest BCUT2D eigenvalue weighted by Gasteiger charge is -2.23. The van der Waals surface area contributed by atoms with E-state index in [1.165, 1.54) is 5.56 Å². The predicted octanol–water partition coefficient (Wildman–Crippen LogP) is 6.36. The van der Waals surface area contributed by atoms with Gasteiger partial charge in [0, 0.05) is 17.5 Å². The van der Waals surface area contributed by atoms with Crippen LogP contribution in [0, 0.1) is 6.92 Å². The number of rotatable bonds is 9. The van der Waals surface area contributed by atoms with Crippen LogP contribution in [0.5, 0.6) is 0 Å². The van der Waals surface area contributed by atoms with Crippen molar-refractivity contribution < 1.29 is 19.5 Å². The van der Waals surface area contributed by atoms with E-state index in [9.17, 15) is 15.0 Å². The van der Waals surface area contributed by atoms with E-state index in [0.717, 1.165) is 39.9 Å². The van der Waals surface area contributed by atoms with Crippen molar-refractivity contribution in [2.24, 2.45) is 0 Å². The number of benzene rings is 3. The van der Waals surface area contributed by atoms with E-state index >= 15 is 0 Å². The van der Waals surface area contributed by atoms with Crippen LogP contribution in [0.1, 0.15) is 48.6 Å². The fraction of sp³-hybridized carbons (Fsp3) is 0.290. The Hall–Kier alpha value is -3.70. The highest BCUT2D eigenvalue weighted by atomic mass is 16.5. The Bertz CT molecular complexity index is 1350. The molecule has 36 heavy (non-hydrogen) atoms. The first kappa shape index (κ1) is 24.0. The summed E-state index contributed by atoms with van der Waals surface area (Å²) in [5.41, 5.74) is 5.19. The molecule has 0 spiro atoms. The zero-order valence-electron chi connectivity index (χ0n) is 20.7. The van der Waals surface area contributed by atoms with Crippen LogP contribution < -0.4 is 0 Å². The van der Waals surface area contributed by atoms with Crippen LogP contribution in [-0.2, 0) is 23.1 Å². The largest absolute Gasteiger partial charge is 0.481 e. The number of carbonyl (C=O) groups is 1. The predicted molar refractivity (Wildman–Crippen MR) is 140 cm³/mol. The van der Waals surface area contributed by atoms with Crippen LogP contribution in [0.3, 0.4) is 0 Å². The maximum Gasteiger partial charge on any atom is 0.314 e. The molecule has 1 heterocycles. The third-order valence-electron chi connectivity index (χ3n) is 7.41. The van der Waals surface area contributed by atoms with Crippen molar-refractivity contribution in [2.75, 3.05) is 0 Å². The molecule has 184 valence electrons. The molecule has 1 saturated carbocycles. The molecule has 0 amide bonds. The minimum atomic E-state index is -0.891. The highest BCUT2D eigenvalue weighted by Crippen LogP contribution is 2.48. The second-order valence-electron chi connectivity index (χ2n) is 10.3. The topological polar surface area (TPSA) is 83.6 Å². The van der Waals surface area contributed by atoms with E-state index in [2.05, 4.69) is 17.3 Å². The van der Waals surface area contributed by atoms with E-state index in [4.69, 9.17) is 4.52 Å². The summed E-state index contributed by atoms with van der Waals surface area (Å²) in [5.74, 6) is -0.0525. The smallest absolute Gasteiger partial charge is 0.314 e. The molecule has 3 aromatic carbocycles. The number of aromatic nitrogens is 1. The first-order chi connectivity index (χ1) is 17.3. The molecule has 2 N–H and O–H groups in total. The normalized spacial score (nSPS) is 15.9. The van der Waals surface area contributed by atoms with E-state index < -0.39 is 17.0 Å². The molecule has 1 fully saturated rings. The van der Waals surface area contributed by atoms with Crippen molar-refractivity contribution in [1.82, 2.24) is 5.16 Å². The van der Waals surface area contributed by atoms with E-state index in [0.29, 0.717) is 31.4 Å². The fourth-order valence-electron chi connectivity index (χ4n) is 4.90. The zero-order chi connectivity index (χ0) is 25.3. The summed E-state index contributed by atoms with van der Waals surface area (Å²) in [5, 5.41) is 24.9. The molecule has 1 aliphatic carbocycles. The monoisotopic (exact) mass is 481 g/mol. The molecule has 0 radical (unpaired) electrons. The molecular weight excluding hydrogens is 450 g/mol. The average molecular weight is 482 g/mol. The van der Waals surface area contributed by atoms with Crippen molar-refractivity contribution in [1.29, 1.82) is 0 Å². The maximum atomic E-state index is 11.6. The second kappa shape index (κ2) is 9.40. The van der Waals surface area contributed by atoms with Crippen LogP contribution in [0.4, 0.5) is 0 Å². The van der Waals surface area contributed by atoms with Gasteiger partial charge in [-0.3, -0.25) is 4.79 Å². The molecule has 0 saturated heterocycles. The summed E-state index contributed by atoms with van der Waals surface area (Å²) < 4.78 is 5.70. The van der Waals surface area contributed by atoms with Crippen LogP contribution in [0.2, 0.25) is 0 Å². The number of nitrogens with zero attached hydrogens (tertiary/aromatic N) is 1. The first-order valence-electron chi connectivity index (χ1n) is 12.4. The van der Waals surface area contributed by atoms with Gasteiger partial charge in [0.2, 0.25) is 0 Å². The van der Waals surface area contributed by atoms with E-state index in [1.807, 2.05) is 80.6 Å². The molecule has 5 heteroatoms. The van der Waals surface area contributed by atoms with Gasteiger partial charge in [-0.05, 0) is 61.8 Å². The number of aryl methyl sites for hydroxylation is 2. The minimum Gasteiger partial charge on any atom is -0.481 e. The quantitative estimate of drug-likeness (QED) is 0.291. The van der Waals surface area contributed by atoms with Gasteiger partial charge in [-0.2, -0.15) is 0 Å². The van der Waals surface area contributed by atoms with Gasteiger partial charge in [0.05, 0.1) is 16.7 Å². The summed E-state index contributed by atoms with van der Waals surface area (Å²) in [6, 6.07) is 26.1. The first-order valence-corrected chi connectivity index (χ1v) is 12.4. The van der Waals surface area contributed by atoms with Gasteiger partial charge >= 0.3 is 5.97 Å². The standard InChI is InChI=1S/C31H31NO4/c1-21-27(20-30(2,35)17-16-22-6-4-3-5-7-22)28(36-32-21)25-10-8-23(9-11-25)24-12-14-26(15-13-24)31(18-19-31)29(33)34/h3-15,35H,16-20H2,1-2H3,(H,33,34). The van der Waals surface area contributed by atoms with Crippen molar-refractivity contribution in [2.45, 2.75) is 57.0 Å². The lowest BCUT2D eigenvalue weighted by atomic mass is 9.88. The Morgan fingerprint density at radius 3 is 2.11 bits per heavy atom. The second-order valence-corrected chi connectivity index (χ2v) is 10.3. The van der Waals surface area contributed by atoms with E-state index in [1.54, 1.807) is 0 Å². The molecule has 0 bridgehead atoms. The van der Waals surface area contributed by atoms with Gasteiger partial charge < -0.3 is 14.7 Å². The third kappa shape index (κ3) is 4.84. The summed E-state index contributed by atoms with van der Waals surface area (Å²) in [7, 11) is 0. The van der Waals surface area contributed by atoms with E-state index in [-0.39, 0.29) is 0 Å². The highest BCUT2D eigenvalue weighted by Gasteiger charge is 2.51. The van der Waals surface area contributed by atoms with Crippen LogP contribution in [0.15, 0.2) is 83.4 Å². The number of carboxylic acids is 1. The van der Waals surface area contributed by atoms with Gasteiger partial charge in [0.1, 0.15) is 0 Å². The number of aliphatic carboxylic acids is 1. The average Bonchev–Trinajstić information content (AvgIpc) is 3.63. The van der Waals surface area contributed by atoms with Gasteiger partial charge in [0.15, 0.2) is 5.76 Å². The summed E-state index contributed by atoms with van der Waals surface area (Å²) in [6.45, 7) is 3.78. The molecular formula is C31H31NO4. The Balaban J connectivity index is 1.31. The highest BCUT2D eigenvalue weighted by molar-refractivity contribution is 5.85. The van der Waals surface area contributed by atoms with Crippen molar-refractivity contribution in [3.05, 3.63) is 101 Å². The molecule has 5 nitrogen and oxygen atoms in total. The molecule has 5 rings (SSSR count). The number of aliphatic hydroxyl groups is 1. The minimum absolute atomic E-state index is 0.457. The maximum absolute atomic E-state index is 11.6. The summed E-state index contributed by atoms with van der Waals surface area (Å²) >= 11 is 0. The molecule has 1 aliphatic rings. The Morgan fingerprint density at radius 2 is 1.53 bits per heavy atom. The Kier molecular flexibility index (Phi) is 6.27. The zero-order valence-corrected chi connectivity index (χ0v) is 20.7. The SMILES string of the molecule is Cc1noc(-c2ccc(-c3ccc(C4(C(=O)O)CC4)cc3)cc2)c1CC(C)(O)CCc1ccccc1. The lowest BCUT2D eigenvalue weighted by molar-refractivity contribution is -0.140. The molecule has 4 aromatic rings. The molecule has 0 aliphatic heterocycles. The van der Waals surface area contributed by atoms with Gasteiger partial charge in [-0.1, -0.05) is 84.0 Å². The van der Waals surface area contributed by atoms with Crippen molar-refractivity contribution >= 4 is 5.97 Å². The van der Waals surface area contributed by atoms with Crippen LogP contribution >= 0.6 is 0 Å². The van der Waals surface area contributed by atoms with Crippen molar-refractivity contribution in [3.8, 4) is 22.5 Å². The Labute approximate surface area is 211 Å². The van der Waals surface area contributed by atoms with Crippen molar-refractivity contribution in [3.63, 3.8) is 0 Å².